The smallest absolute Gasteiger partial charge is 0.293 e. The highest BCUT2D eigenvalue weighted by Crippen LogP contribution is 2.34. The Morgan fingerprint density at radius 2 is 1.81 bits per heavy atom. The molecule has 138 valence electrons. The highest BCUT2D eigenvalue weighted by molar-refractivity contribution is 6.09. The van der Waals surface area contributed by atoms with Gasteiger partial charge in [0.2, 0.25) is 0 Å². The number of ether oxygens (including phenoxy) is 1. The third-order valence-electron chi connectivity index (χ3n) is 5.12. The number of carbonyl (C=O) groups is 2. The highest BCUT2D eigenvalue weighted by Gasteiger charge is 2.27. The monoisotopic (exact) mass is 362 g/mol. The van der Waals surface area contributed by atoms with Crippen LogP contribution in [0.2, 0.25) is 0 Å². The second-order valence-corrected chi connectivity index (χ2v) is 7.02. The standard InChI is InChI=1S/C22H22N2O3/c1-24-18-8-4-5-9-19(18)27-20(22(24)26)14-15-10-12-16(13-11-15)21(25)23-17-6-2-3-7-17/h4-5,8-14,17H,2-3,6-7H2,1H3,(H,23,25)/b20-14-. The number of benzene rings is 2. The number of amides is 2. The average Bonchev–Trinajstić information content (AvgIpc) is 3.19. The highest BCUT2D eigenvalue weighted by atomic mass is 16.5. The topological polar surface area (TPSA) is 58.6 Å². The minimum atomic E-state index is -0.197. The fourth-order valence-corrected chi connectivity index (χ4v) is 3.57. The molecule has 0 radical (unpaired) electrons. The molecule has 1 aliphatic carbocycles. The lowest BCUT2D eigenvalue weighted by atomic mass is 10.1. The summed E-state index contributed by atoms with van der Waals surface area (Å²) in [6.45, 7) is 0. The minimum Gasteiger partial charge on any atom is -0.449 e. The van der Waals surface area contributed by atoms with E-state index in [0.717, 1.165) is 24.1 Å². The Balaban J connectivity index is 1.51. The molecule has 1 aliphatic heterocycles. The largest absolute Gasteiger partial charge is 0.449 e. The molecule has 2 aliphatic rings. The number of carbonyl (C=O) groups excluding carboxylic acids is 2. The van der Waals surface area contributed by atoms with Crippen LogP contribution in [0, 0.1) is 0 Å². The molecule has 1 fully saturated rings. The summed E-state index contributed by atoms with van der Waals surface area (Å²) in [5.41, 5.74) is 2.18. The van der Waals surface area contributed by atoms with Crippen LogP contribution in [0.15, 0.2) is 54.3 Å². The van der Waals surface area contributed by atoms with Crippen molar-refractivity contribution in [2.45, 2.75) is 31.7 Å². The zero-order valence-corrected chi connectivity index (χ0v) is 15.3. The normalized spacial score (nSPS) is 18.3. The van der Waals surface area contributed by atoms with E-state index >= 15 is 0 Å². The average molecular weight is 362 g/mol. The number of nitrogens with one attached hydrogen (secondary N) is 1. The molecule has 0 spiro atoms. The van der Waals surface area contributed by atoms with Crippen LogP contribution in [0.4, 0.5) is 5.69 Å². The van der Waals surface area contributed by atoms with Gasteiger partial charge in [0.05, 0.1) is 5.69 Å². The van der Waals surface area contributed by atoms with E-state index in [-0.39, 0.29) is 17.6 Å². The second kappa shape index (κ2) is 7.27. The van der Waals surface area contributed by atoms with Crippen molar-refractivity contribution in [1.82, 2.24) is 5.32 Å². The second-order valence-electron chi connectivity index (χ2n) is 7.02. The first-order chi connectivity index (χ1) is 13.1. The molecule has 0 unspecified atom stereocenters. The number of nitrogens with zero attached hydrogens (tertiary/aromatic N) is 1. The van der Waals surface area contributed by atoms with Gasteiger partial charge in [-0.05, 0) is 48.7 Å². The number of para-hydroxylation sites is 2. The first-order valence-corrected chi connectivity index (χ1v) is 9.29. The van der Waals surface area contributed by atoms with E-state index in [2.05, 4.69) is 5.32 Å². The van der Waals surface area contributed by atoms with Crippen LogP contribution in [0.25, 0.3) is 6.08 Å². The molecular weight excluding hydrogens is 340 g/mol. The Bertz CT molecular complexity index is 896. The van der Waals surface area contributed by atoms with Crippen LogP contribution in [-0.4, -0.2) is 24.9 Å². The van der Waals surface area contributed by atoms with E-state index in [1.807, 2.05) is 36.4 Å². The number of hydrogen-bond acceptors (Lipinski definition) is 3. The maximum absolute atomic E-state index is 12.5. The first-order valence-electron chi connectivity index (χ1n) is 9.29. The van der Waals surface area contributed by atoms with E-state index in [0.29, 0.717) is 17.4 Å². The van der Waals surface area contributed by atoms with Crippen molar-refractivity contribution in [3.63, 3.8) is 0 Å². The van der Waals surface area contributed by atoms with Gasteiger partial charge in [0.1, 0.15) is 0 Å². The van der Waals surface area contributed by atoms with Crippen LogP contribution < -0.4 is 15.0 Å². The van der Waals surface area contributed by atoms with Gasteiger partial charge in [-0.2, -0.15) is 0 Å². The lowest BCUT2D eigenvalue weighted by molar-refractivity contribution is -0.117. The molecule has 0 saturated heterocycles. The molecule has 2 amide bonds. The number of fused-ring (bicyclic) bond motifs is 1. The third-order valence-corrected chi connectivity index (χ3v) is 5.12. The summed E-state index contributed by atoms with van der Waals surface area (Å²) in [4.78, 5) is 26.4. The molecule has 2 aromatic carbocycles. The van der Waals surface area contributed by atoms with E-state index in [4.69, 9.17) is 4.74 Å². The lowest BCUT2D eigenvalue weighted by Crippen LogP contribution is -2.33. The van der Waals surface area contributed by atoms with Crippen molar-refractivity contribution in [2.75, 3.05) is 11.9 Å². The Hall–Kier alpha value is -3.08. The van der Waals surface area contributed by atoms with Gasteiger partial charge in [-0.3, -0.25) is 9.59 Å². The molecule has 1 saturated carbocycles. The fraction of sp³-hybridized carbons (Fsp3) is 0.273. The number of rotatable bonds is 3. The molecule has 1 heterocycles. The zero-order valence-electron chi connectivity index (χ0n) is 15.3. The molecular formula is C22H22N2O3. The Morgan fingerprint density at radius 1 is 1.11 bits per heavy atom. The van der Waals surface area contributed by atoms with Crippen molar-refractivity contribution in [2.24, 2.45) is 0 Å². The predicted molar refractivity (Wildman–Crippen MR) is 105 cm³/mol. The van der Waals surface area contributed by atoms with Gasteiger partial charge in [-0.25, -0.2) is 0 Å². The van der Waals surface area contributed by atoms with Crippen LogP contribution in [0.5, 0.6) is 5.75 Å². The van der Waals surface area contributed by atoms with E-state index in [9.17, 15) is 9.59 Å². The SMILES string of the molecule is CN1C(=O)/C(=C/c2ccc(C(=O)NC3CCCC3)cc2)Oc2ccccc21. The quantitative estimate of drug-likeness (QED) is 0.846. The van der Waals surface area contributed by atoms with Crippen molar-refractivity contribution in [1.29, 1.82) is 0 Å². The predicted octanol–water partition coefficient (Wildman–Crippen LogP) is 3.76. The molecule has 4 rings (SSSR count). The van der Waals surface area contributed by atoms with Crippen LogP contribution in [-0.2, 0) is 4.79 Å². The van der Waals surface area contributed by atoms with Crippen LogP contribution >= 0.6 is 0 Å². The molecule has 0 bridgehead atoms. The van der Waals surface area contributed by atoms with E-state index < -0.39 is 0 Å². The summed E-state index contributed by atoms with van der Waals surface area (Å²) in [6.07, 6.45) is 6.19. The zero-order chi connectivity index (χ0) is 18.8. The minimum absolute atomic E-state index is 0.0419. The Kier molecular flexibility index (Phi) is 4.67. The summed E-state index contributed by atoms with van der Waals surface area (Å²) in [7, 11) is 1.73. The van der Waals surface area contributed by atoms with Gasteiger partial charge in [-0.15, -0.1) is 0 Å². The van der Waals surface area contributed by atoms with Gasteiger partial charge in [0.15, 0.2) is 11.5 Å². The van der Waals surface area contributed by atoms with Gasteiger partial charge in [0, 0.05) is 18.7 Å². The molecule has 0 atom stereocenters. The Morgan fingerprint density at radius 3 is 2.56 bits per heavy atom. The van der Waals surface area contributed by atoms with Crippen molar-refractivity contribution in [3.8, 4) is 5.75 Å². The van der Waals surface area contributed by atoms with Crippen molar-refractivity contribution >= 4 is 23.6 Å². The number of anilines is 1. The molecule has 2 aromatic rings. The summed E-state index contributed by atoms with van der Waals surface area (Å²) in [5.74, 6) is 0.675. The summed E-state index contributed by atoms with van der Waals surface area (Å²) >= 11 is 0. The third kappa shape index (κ3) is 3.58. The maximum atomic E-state index is 12.5. The van der Waals surface area contributed by atoms with E-state index in [1.165, 1.54) is 12.8 Å². The Labute approximate surface area is 158 Å². The summed E-state index contributed by atoms with van der Waals surface area (Å²) < 4.78 is 5.78. The maximum Gasteiger partial charge on any atom is 0.293 e. The molecule has 1 N–H and O–H groups in total. The number of likely N-dealkylation sites (N-methyl/N-ethyl adjacent to an activating group) is 1. The van der Waals surface area contributed by atoms with Crippen molar-refractivity contribution < 1.29 is 14.3 Å². The van der Waals surface area contributed by atoms with Gasteiger partial charge in [-0.1, -0.05) is 37.1 Å². The molecule has 0 aromatic heterocycles. The molecule has 5 nitrogen and oxygen atoms in total. The van der Waals surface area contributed by atoms with Gasteiger partial charge < -0.3 is 15.0 Å². The summed E-state index contributed by atoms with van der Waals surface area (Å²) in [6, 6.07) is 14.9. The van der Waals surface area contributed by atoms with E-state index in [1.54, 1.807) is 30.2 Å². The molecule has 27 heavy (non-hydrogen) atoms. The van der Waals surface area contributed by atoms with Crippen LogP contribution in [0.3, 0.4) is 0 Å². The van der Waals surface area contributed by atoms with Gasteiger partial charge in [0.25, 0.3) is 11.8 Å². The summed E-state index contributed by atoms with van der Waals surface area (Å²) in [5, 5.41) is 3.08. The lowest BCUT2D eigenvalue weighted by Gasteiger charge is -2.27. The molecule has 5 heteroatoms. The first kappa shape index (κ1) is 17.3. The fourth-order valence-electron chi connectivity index (χ4n) is 3.57. The van der Waals surface area contributed by atoms with Gasteiger partial charge >= 0.3 is 0 Å². The van der Waals surface area contributed by atoms with Crippen LogP contribution in [0.1, 0.15) is 41.6 Å². The van der Waals surface area contributed by atoms with Crippen molar-refractivity contribution in [3.05, 3.63) is 65.4 Å². The number of hydrogen-bond donors (Lipinski definition) is 1.